The molecule has 1 aliphatic heterocycles. The Morgan fingerprint density at radius 1 is 1.33 bits per heavy atom. The minimum atomic E-state index is -0.989. The number of nitrogens with zero attached hydrogens (tertiary/aromatic N) is 2. The van der Waals surface area contributed by atoms with Gasteiger partial charge in [-0.3, -0.25) is 14.4 Å². The molecule has 1 aromatic carbocycles. The summed E-state index contributed by atoms with van der Waals surface area (Å²) < 4.78 is 33.8. The Labute approximate surface area is 188 Å². The Hall–Kier alpha value is -3.27. The van der Waals surface area contributed by atoms with Gasteiger partial charge in [-0.1, -0.05) is 6.07 Å². The number of aromatic hydroxyl groups is 1. The number of hydrogen-bond donors (Lipinski definition) is 2. The maximum Gasteiger partial charge on any atom is 0.274 e. The number of nitrogens with one attached hydrogen (secondary N) is 1. The van der Waals surface area contributed by atoms with Gasteiger partial charge in [-0.2, -0.15) is 0 Å². The fourth-order valence-electron chi connectivity index (χ4n) is 4.52. The highest BCUT2D eigenvalue weighted by atomic mass is 19.1. The van der Waals surface area contributed by atoms with E-state index >= 15 is 0 Å². The van der Waals surface area contributed by atoms with Gasteiger partial charge in [0.05, 0.1) is 12.1 Å². The van der Waals surface area contributed by atoms with Gasteiger partial charge in [-0.05, 0) is 26.3 Å². The maximum absolute atomic E-state index is 13.9. The first-order chi connectivity index (χ1) is 15.6. The summed E-state index contributed by atoms with van der Waals surface area (Å²) in [5.41, 5.74) is -2.08. The number of fused-ring (bicyclic) bond motifs is 2. The average molecular weight is 461 g/mol. The minimum absolute atomic E-state index is 0.0294. The molecule has 176 valence electrons. The lowest BCUT2D eigenvalue weighted by atomic mass is 10.0. The number of halogens is 2. The zero-order valence-electron chi connectivity index (χ0n) is 18.5. The molecule has 2 unspecified atom stereocenters. The largest absolute Gasteiger partial charge is 0.503 e. The van der Waals surface area contributed by atoms with Crippen molar-refractivity contribution in [1.82, 2.24) is 14.8 Å². The molecular weight excluding hydrogens is 436 g/mol. The molecule has 1 aromatic heterocycles. The monoisotopic (exact) mass is 461 g/mol. The van der Waals surface area contributed by atoms with Crippen LogP contribution >= 0.6 is 0 Å². The summed E-state index contributed by atoms with van der Waals surface area (Å²) in [6, 6.07) is 2.79. The molecule has 1 aliphatic carbocycles. The van der Waals surface area contributed by atoms with Crippen molar-refractivity contribution < 1.29 is 28.2 Å². The van der Waals surface area contributed by atoms with E-state index < -0.39 is 40.2 Å². The van der Waals surface area contributed by atoms with Crippen molar-refractivity contribution in [1.29, 1.82) is 0 Å². The van der Waals surface area contributed by atoms with Crippen LogP contribution in [0.4, 0.5) is 8.78 Å². The summed E-state index contributed by atoms with van der Waals surface area (Å²) >= 11 is 0. The number of carbonyl (C=O) groups is 2. The Morgan fingerprint density at radius 2 is 2.06 bits per heavy atom. The average Bonchev–Trinajstić information content (AvgIpc) is 3.44. The molecule has 2 aromatic rings. The zero-order valence-corrected chi connectivity index (χ0v) is 18.5. The van der Waals surface area contributed by atoms with Gasteiger partial charge in [-0.15, -0.1) is 0 Å². The van der Waals surface area contributed by atoms with Crippen molar-refractivity contribution in [2.24, 2.45) is 5.92 Å². The zero-order chi connectivity index (χ0) is 24.1. The second kappa shape index (κ2) is 8.26. The van der Waals surface area contributed by atoms with E-state index in [-0.39, 0.29) is 35.3 Å². The molecule has 33 heavy (non-hydrogen) atoms. The summed E-state index contributed by atoms with van der Waals surface area (Å²) in [5.74, 6) is -3.68. The van der Waals surface area contributed by atoms with Crippen molar-refractivity contribution >= 4 is 11.8 Å². The number of hydrogen-bond acceptors (Lipinski definition) is 5. The Morgan fingerprint density at radius 3 is 2.70 bits per heavy atom. The van der Waals surface area contributed by atoms with Crippen LogP contribution in [-0.4, -0.2) is 52.7 Å². The lowest BCUT2D eigenvalue weighted by Crippen LogP contribution is -2.52. The number of pyridine rings is 1. The number of carbonyl (C=O) groups excluding carboxylic acids is 2. The third-order valence-corrected chi connectivity index (χ3v) is 6.46. The highest BCUT2D eigenvalue weighted by Gasteiger charge is 2.60. The Kier molecular flexibility index (Phi) is 5.73. The van der Waals surface area contributed by atoms with E-state index in [1.54, 1.807) is 12.0 Å². The summed E-state index contributed by atoms with van der Waals surface area (Å²) in [5, 5.41) is 13.1. The first kappa shape index (κ1) is 22.9. The van der Waals surface area contributed by atoms with Gasteiger partial charge < -0.3 is 24.6 Å². The number of benzene rings is 1. The van der Waals surface area contributed by atoms with Crippen LogP contribution in [0.25, 0.3) is 0 Å². The predicted octanol–water partition coefficient (Wildman–Crippen LogP) is 1.99. The van der Waals surface area contributed by atoms with Crippen molar-refractivity contribution in [3.8, 4) is 5.75 Å². The van der Waals surface area contributed by atoms with E-state index in [2.05, 4.69) is 5.32 Å². The van der Waals surface area contributed by atoms with Crippen LogP contribution in [-0.2, 0) is 16.8 Å². The highest BCUT2D eigenvalue weighted by Crippen LogP contribution is 2.54. The van der Waals surface area contributed by atoms with Crippen LogP contribution in [0.1, 0.15) is 46.7 Å². The van der Waals surface area contributed by atoms with Gasteiger partial charge in [0.1, 0.15) is 17.2 Å². The standard InChI is InChI=1S/C23H25F2N3O5/c1-12(2)27-11-23(7-14(23)10-33-3)28-9-16(19(29)20(30)18(28)22(27)32)21(31)26-8-13-4-5-15(24)6-17(13)25/h4-6,9,12,14,30H,7-8,10-11H2,1-3H3,(H,26,31). The molecule has 1 spiro atoms. The molecule has 2 amide bonds. The van der Waals surface area contributed by atoms with Crippen LogP contribution in [0, 0.1) is 17.6 Å². The van der Waals surface area contributed by atoms with Crippen LogP contribution < -0.4 is 10.7 Å². The van der Waals surface area contributed by atoms with E-state index in [9.17, 15) is 28.3 Å². The molecule has 0 bridgehead atoms. The normalized spacial score (nSPS) is 21.5. The van der Waals surface area contributed by atoms with E-state index in [1.165, 1.54) is 16.8 Å². The van der Waals surface area contributed by atoms with Crippen molar-refractivity contribution in [2.45, 2.75) is 38.4 Å². The smallest absolute Gasteiger partial charge is 0.274 e. The van der Waals surface area contributed by atoms with Crippen molar-refractivity contribution in [3.05, 3.63) is 63.1 Å². The van der Waals surface area contributed by atoms with Gasteiger partial charge in [0.25, 0.3) is 11.8 Å². The first-order valence-electron chi connectivity index (χ1n) is 10.6. The first-order valence-corrected chi connectivity index (χ1v) is 10.6. The predicted molar refractivity (Wildman–Crippen MR) is 114 cm³/mol. The second-order valence-electron chi connectivity index (χ2n) is 8.84. The number of amides is 2. The van der Waals surface area contributed by atoms with Gasteiger partial charge in [0.2, 0.25) is 5.43 Å². The number of aromatic nitrogens is 1. The van der Waals surface area contributed by atoms with Crippen LogP contribution in [0.3, 0.4) is 0 Å². The lowest BCUT2D eigenvalue weighted by Gasteiger charge is -2.39. The third kappa shape index (κ3) is 3.78. The molecular formula is C23H25F2N3O5. The van der Waals surface area contributed by atoms with Gasteiger partial charge in [0, 0.05) is 50.0 Å². The topological polar surface area (TPSA) is 101 Å². The Balaban J connectivity index is 1.72. The molecule has 10 heteroatoms. The number of ether oxygens (including phenoxy) is 1. The number of methoxy groups -OCH3 is 1. The van der Waals surface area contributed by atoms with E-state index in [4.69, 9.17) is 4.74 Å². The summed E-state index contributed by atoms with van der Waals surface area (Å²) in [4.78, 5) is 40.3. The maximum atomic E-state index is 13.9. The molecule has 1 fully saturated rings. The molecule has 2 atom stereocenters. The number of rotatable bonds is 6. The van der Waals surface area contributed by atoms with E-state index in [1.807, 2.05) is 13.8 Å². The molecule has 8 nitrogen and oxygen atoms in total. The molecule has 0 saturated heterocycles. The fraction of sp³-hybridized carbons (Fsp3) is 0.435. The fourth-order valence-corrected chi connectivity index (χ4v) is 4.52. The summed E-state index contributed by atoms with van der Waals surface area (Å²) in [7, 11) is 1.57. The quantitative estimate of drug-likeness (QED) is 0.685. The highest BCUT2D eigenvalue weighted by molar-refractivity contribution is 5.99. The molecule has 1 saturated carbocycles. The minimum Gasteiger partial charge on any atom is -0.503 e. The van der Waals surface area contributed by atoms with Crippen LogP contribution in [0.15, 0.2) is 29.2 Å². The Bertz CT molecular complexity index is 1200. The lowest BCUT2D eigenvalue weighted by molar-refractivity contribution is 0.0543. The molecule has 0 radical (unpaired) electrons. The van der Waals surface area contributed by atoms with Crippen molar-refractivity contribution in [2.75, 3.05) is 20.3 Å². The second-order valence-corrected chi connectivity index (χ2v) is 8.84. The van der Waals surface area contributed by atoms with Gasteiger partial charge in [-0.25, -0.2) is 8.78 Å². The molecule has 4 rings (SSSR count). The molecule has 2 aliphatic rings. The van der Waals surface area contributed by atoms with Gasteiger partial charge in [0.15, 0.2) is 11.4 Å². The van der Waals surface area contributed by atoms with Crippen molar-refractivity contribution in [3.63, 3.8) is 0 Å². The SMILES string of the molecule is COCC1CC12CN(C(C)C)C(=O)c1c(O)c(=O)c(C(=O)NCc3ccc(F)cc3F)cn12. The van der Waals surface area contributed by atoms with Crippen LogP contribution in [0.2, 0.25) is 0 Å². The summed E-state index contributed by atoms with van der Waals surface area (Å²) in [6.45, 7) is 4.18. The van der Waals surface area contributed by atoms with Crippen LogP contribution in [0.5, 0.6) is 5.75 Å². The molecule has 2 N–H and O–H groups in total. The summed E-state index contributed by atoms with van der Waals surface area (Å²) in [6.07, 6.45) is 1.94. The van der Waals surface area contributed by atoms with E-state index in [0.717, 1.165) is 6.07 Å². The van der Waals surface area contributed by atoms with E-state index in [0.29, 0.717) is 25.6 Å². The molecule has 2 heterocycles. The van der Waals surface area contributed by atoms with Gasteiger partial charge >= 0.3 is 0 Å². The third-order valence-electron chi connectivity index (χ3n) is 6.46.